The topological polar surface area (TPSA) is 26.3 Å². The monoisotopic (exact) mass is 160 g/mol. The first-order chi connectivity index (χ1) is 5.06. The molecule has 0 aliphatic rings. The molecule has 0 atom stereocenters. The molecular formula is C9H20O2. The minimum Gasteiger partial charge on any atom is -0.468 e. The van der Waals surface area contributed by atoms with E-state index in [-0.39, 0.29) is 0 Å². The Morgan fingerprint density at radius 1 is 1.18 bits per heavy atom. The third kappa shape index (κ3) is 17.7. The van der Waals surface area contributed by atoms with Crippen LogP contribution in [0.25, 0.3) is 0 Å². The summed E-state index contributed by atoms with van der Waals surface area (Å²) in [6.45, 7) is 11.6. The van der Waals surface area contributed by atoms with Gasteiger partial charge in [0.05, 0.1) is 6.61 Å². The maximum atomic E-state index is 9.18. The maximum Gasteiger partial charge on any atom is 0.293 e. The molecule has 0 saturated heterocycles. The first-order valence-corrected chi connectivity index (χ1v) is 4.11. The summed E-state index contributed by atoms with van der Waals surface area (Å²) in [6, 6.07) is 0. The molecule has 0 aromatic heterocycles. The van der Waals surface area contributed by atoms with E-state index in [4.69, 9.17) is 0 Å². The Bertz CT molecular complexity index is 71.6. The Balaban J connectivity index is 0. The third-order valence-corrected chi connectivity index (χ3v) is 1.57. The lowest BCUT2D eigenvalue weighted by molar-refractivity contribution is -0.128. The van der Waals surface area contributed by atoms with Gasteiger partial charge < -0.3 is 4.74 Å². The second-order valence-corrected chi connectivity index (χ2v) is 3.04. The van der Waals surface area contributed by atoms with E-state index in [0.29, 0.717) is 13.1 Å². The van der Waals surface area contributed by atoms with E-state index in [2.05, 4.69) is 32.4 Å². The highest BCUT2D eigenvalue weighted by Gasteiger charge is 1.95. The van der Waals surface area contributed by atoms with Crippen LogP contribution in [0.2, 0.25) is 0 Å². The van der Waals surface area contributed by atoms with Crippen LogP contribution in [0.5, 0.6) is 0 Å². The van der Waals surface area contributed by atoms with Gasteiger partial charge in [-0.3, -0.25) is 4.79 Å². The fourth-order valence-electron chi connectivity index (χ4n) is 0.0680. The molecule has 0 bridgehead atoms. The van der Waals surface area contributed by atoms with Crippen molar-refractivity contribution in [2.75, 3.05) is 6.61 Å². The van der Waals surface area contributed by atoms with E-state index in [1.165, 1.54) is 0 Å². The van der Waals surface area contributed by atoms with Crippen molar-refractivity contribution in [3.8, 4) is 0 Å². The number of carbonyl (C=O) groups excluding carboxylic acids is 1. The third-order valence-electron chi connectivity index (χ3n) is 1.57. The first-order valence-electron chi connectivity index (χ1n) is 4.11. The lowest BCUT2D eigenvalue weighted by atomic mass is 10.0. The van der Waals surface area contributed by atoms with E-state index in [9.17, 15) is 4.79 Å². The summed E-state index contributed by atoms with van der Waals surface area (Å²) < 4.78 is 4.15. The average Bonchev–Trinajstić information content (AvgIpc) is 1.90. The molecule has 2 nitrogen and oxygen atoms in total. The van der Waals surface area contributed by atoms with Crippen molar-refractivity contribution in [1.29, 1.82) is 0 Å². The molecule has 0 radical (unpaired) electrons. The van der Waals surface area contributed by atoms with Gasteiger partial charge in [-0.1, -0.05) is 27.7 Å². The highest BCUT2D eigenvalue weighted by molar-refractivity contribution is 5.36. The van der Waals surface area contributed by atoms with E-state index in [1.807, 2.05) is 0 Å². The smallest absolute Gasteiger partial charge is 0.293 e. The van der Waals surface area contributed by atoms with Gasteiger partial charge >= 0.3 is 0 Å². The second kappa shape index (κ2) is 9.47. The van der Waals surface area contributed by atoms with Gasteiger partial charge in [-0.15, -0.1) is 0 Å². The number of ether oxygens (including phenoxy) is 1. The summed E-state index contributed by atoms with van der Waals surface area (Å²) in [6.07, 6.45) is 0. The lowest BCUT2D eigenvalue weighted by Gasteiger charge is -2.05. The highest BCUT2D eigenvalue weighted by Crippen LogP contribution is 2.05. The van der Waals surface area contributed by atoms with Crippen LogP contribution in [-0.2, 0) is 9.53 Å². The van der Waals surface area contributed by atoms with Crippen LogP contribution in [0.15, 0.2) is 0 Å². The van der Waals surface area contributed by atoms with Crippen LogP contribution in [0.1, 0.15) is 34.6 Å². The van der Waals surface area contributed by atoms with Crippen molar-refractivity contribution in [3.05, 3.63) is 0 Å². The Labute approximate surface area is 69.9 Å². The number of rotatable bonds is 3. The van der Waals surface area contributed by atoms with Crippen LogP contribution in [0, 0.1) is 11.8 Å². The summed E-state index contributed by atoms with van der Waals surface area (Å²) in [4.78, 5) is 9.18. The zero-order valence-electron chi connectivity index (χ0n) is 8.26. The van der Waals surface area contributed by atoms with Crippen molar-refractivity contribution in [1.82, 2.24) is 0 Å². The SMILES string of the molecule is CC(C)C(C)C.CCOC=O. The van der Waals surface area contributed by atoms with Gasteiger partial charge in [0.1, 0.15) is 0 Å². The molecule has 11 heavy (non-hydrogen) atoms. The number of carbonyl (C=O) groups is 1. The Morgan fingerprint density at radius 2 is 1.55 bits per heavy atom. The van der Waals surface area contributed by atoms with Crippen molar-refractivity contribution < 1.29 is 9.53 Å². The molecule has 0 aromatic rings. The van der Waals surface area contributed by atoms with Gasteiger partial charge in [-0.2, -0.15) is 0 Å². The standard InChI is InChI=1S/C6H14.C3H6O2/c1-5(2)6(3)4;1-2-5-3-4/h5-6H,1-4H3;3H,2H2,1H3. The fraction of sp³-hybridized carbons (Fsp3) is 0.889. The lowest BCUT2D eigenvalue weighted by Crippen LogP contribution is -1.95. The van der Waals surface area contributed by atoms with E-state index in [1.54, 1.807) is 6.92 Å². The van der Waals surface area contributed by atoms with Crippen molar-refractivity contribution in [2.24, 2.45) is 11.8 Å². The van der Waals surface area contributed by atoms with Crippen molar-refractivity contribution >= 4 is 6.47 Å². The Morgan fingerprint density at radius 3 is 1.55 bits per heavy atom. The van der Waals surface area contributed by atoms with Gasteiger partial charge in [0.25, 0.3) is 6.47 Å². The number of hydrogen-bond donors (Lipinski definition) is 0. The van der Waals surface area contributed by atoms with E-state index in [0.717, 1.165) is 11.8 Å². The van der Waals surface area contributed by atoms with Gasteiger partial charge in [-0.05, 0) is 18.8 Å². The molecule has 0 spiro atoms. The Hall–Kier alpha value is -0.530. The molecule has 0 fully saturated rings. The second-order valence-electron chi connectivity index (χ2n) is 3.04. The van der Waals surface area contributed by atoms with Crippen LogP contribution in [-0.4, -0.2) is 13.1 Å². The molecule has 0 unspecified atom stereocenters. The summed E-state index contributed by atoms with van der Waals surface area (Å²) >= 11 is 0. The van der Waals surface area contributed by atoms with Crippen molar-refractivity contribution in [2.45, 2.75) is 34.6 Å². The minimum atomic E-state index is 0.431. The molecule has 0 heterocycles. The molecule has 0 aliphatic heterocycles. The van der Waals surface area contributed by atoms with Gasteiger partial charge in [-0.25, -0.2) is 0 Å². The highest BCUT2D eigenvalue weighted by atomic mass is 16.5. The predicted molar refractivity (Wildman–Crippen MR) is 47.4 cm³/mol. The van der Waals surface area contributed by atoms with Crippen molar-refractivity contribution in [3.63, 3.8) is 0 Å². The van der Waals surface area contributed by atoms with Crippen LogP contribution in [0.3, 0.4) is 0 Å². The van der Waals surface area contributed by atoms with Gasteiger partial charge in [0.15, 0.2) is 0 Å². The van der Waals surface area contributed by atoms with Gasteiger partial charge in [0, 0.05) is 0 Å². The summed E-state index contributed by atoms with van der Waals surface area (Å²) in [5, 5.41) is 0. The van der Waals surface area contributed by atoms with Gasteiger partial charge in [0.2, 0.25) is 0 Å². The molecule has 0 amide bonds. The van der Waals surface area contributed by atoms with Crippen LogP contribution >= 0.6 is 0 Å². The summed E-state index contributed by atoms with van der Waals surface area (Å²) in [5.41, 5.74) is 0. The van der Waals surface area contributed by atoms with E-state index < -0.39 is 0 Å². The molecule has 68 valence electrons. The summed E-state index contributed by atoms with van der Waals surface area (Å²) in [5.74, 6) is 1.70. The normalized spacial score (nSPS) is 9.00. The molecule has 0 rings (SSSR count). The fourth-order valence-corrected chi connectivity index (χ4v) is 0.0680. The summed E-state index contributed by atoms with van der Waals surface area (Å²) in [7, 11) is 0. The maximum absolute atomic E-state index is 9.18. The Kier molecular flexibility index (Phi) is 11.3. The zero-order valence-corrected chi connectivity index (χ0v) is 8.26. The molecule has 0 aliphatic carbocycles. The zero-order chi connectivity index (χ0) is 9.28. The quantitative estimate of drug-likeness (QED) is 0.593. The molecule has 0 saturated carbocycles. The molecule has 0 aromatic carbocycles. The molecule has 2 heteroatoms. The van der Waals surface area contributed by atoms with E-state index >= 15 is 0 Å². The van der Waals surface area contributed by atoms with Crippen LogP contribution in [0.4, 0.5) is 0 Å². The molecule has 0 N–H and O–H groups in total. The number of hydrogen-bond acceptors (Lipinski definition) is 2. The predicted octanol–water partition coefficient (Wildman–Crippen LogP) is 2.48. The van der Waals surface area contributed by atoms with Crippen LogP contribution < -0.4 is 0 Å². The largest absolute Gasteiger partial charge is 0.468 e. The molecular weight excluding hydrogens is 140 g/mol. The first kappa shape index (κ1) is 13.1. The average molecular weight is 160 g/mol. The minimum absolute atomic E-state index is 0.431.